The molecule has 2 rings (SSSR count). The average Bonchev–Trinajstić information content (AvgIpc) is 2.41. The minimum atomic E-state index is 0.551. The van der Waals surface area contributed by atoms with Gasteiger partial charge in [-0.2, -0.15) is 0 Å². The fourth-order valence-corrected chi connectivity index (χ4v) is 2.38. The van der Waals surface area contributed by atoms with Crippen LogP contribution in [0.2, 0.25) is 0 Å². The zero-order valence-electron chi connectivity index (χ0n) is 11.4. The van der Waals surface area contributed by atoms with Gasteiger partial charge in [0.2, 0.25) is 0 Å². The Bertz CT molecular complexity index is 385. The van der Waals surface area contributed by atoms with E-state index in [0.717, 1.165) is 23.6 Å². The molecule has 1 aliphatic heterocycles. The number of pyridine rings is 1. The highest BCUT2D eigenvalue weighted by Gasteiger charge is 2.16. The van der Waals surface area contributed by atoms with Crippen molar-refractivity contribution >= 4 is 11.5 Å². The maximum absolute atomic E-state index is 5.88. The minimum Gasteiger partial charge on any atom is -0.398 e. The molecule has 0 aliphatic carbocycles. The molecule has 3 N–H and O–H groups in total. The van der Waals surface area contributed by atoms with Crippen molar-refractivity contribution in [1.82, 2.24) is 9.88 Å². The predicted molar refractivity (Wildman–Crippen MR) is 76.8 cm³/mol. The summed E-state index contributed by atoms with van der Waals surface area (Å²) in [7, 11) is 0. The second-order valence-corrected chi connectivity index (χ2v) is 5.25. The summed E-state index contributed by atoms with van der Waals surface area (Å²) < 4.78 is 0. The Morgan fingerprint density at radius 2 is 2.11 bits per heavy atom. The summed E-state index contributed by atoms with van der Waals surface area (Å²) in [5.41, 5.74) is 7.72. The molecule has 4 heteroatoms. The van der Waals surface area contributed by atoms with Crippen LogP contribution in [0.5, 0.6) is 0 Å². The first-order valence-corrected chi connectivity index (χ1v) is 6.87. The van der Waals surface area contributed by atoms with E-state index in [1.807, 2.05) is 19.2 Å². The molecule has 1 aliphatic rings. The smallest absolute Gasteiger partial charge is 0.128 e. The highest BCUT2D eigenvalue weighted by Crippen LogP contribution is 2.15. The lowest BCUT2D eigenvalue weighted by Gasteiger charge is -2.32. The first kappa shape index (κ1) is 13.1. The lowest BCUT2D eigenvalue weighted by Crippen LogP contribution is -2.41. The predicted octanol–water partition coefficient (Wildman–Crippen LogP) is 2.26. The number of nitrogens with one attached hydrogen (secondary N) is 1. The summed E-state index contributed by atoms with van der Waals surface area (Å²) in [6, 6.07) is 2.47. The first-order valence-electron chi connectivity index (χ1n) is 6.87. The second kappa shape index (κ2) is 6.05. The molecule has 0 aromatic carbocycles. The summed E-state index contributed by atoms with van der Waals surface area (Å²) in [5.74, 6) is 0.877. The van der Waals surface area contributed by atoms with Crippen LogP contribution in [0, 0.1) is 6.92 Å². The van der Waals surface area contributed by atoms with Crippen molar-refractivity contribution < 1.29 is 0 Å². The summed E-state index contributed by atoms with van der Waals surface area (Å²) in [6.45, 7) is 7.63. The van der Waals surface area contributed by atoms with Crippen molar-refractivity contribution in [3.63, 3.8) is 0 Å². The first-order chi connectivity index (χ1) is 8.66. The number of aromatic nitrogens is 1. The van der Waals surface area contributed by atoms with Crippen molar-refractivity contribution in [2.24, 2.45) is 0 Å². The van der Waals surface area contributed by atoms with E-state index in [4.69, 9.17) is 5.73 Å². The van der Waals surface area contributed by atoms with E-state index in [-0.39, 0.29) is 0 Å². The van der Waals surface area contributed by atoms with Crippen LogP contribution < -0.4 is 11.1 Å². The summed E-state index contributed by atoms with van der Waals surface area (Å²) in [5, 5.41) is 3.38. The molecular formula is C14H24N4. The molecule has 100 valence electrons. The van der Waals surface area contributed by atoms with E-state index in [9.17, 15) is 0 Å². The van der Waals surface area contributed by atoms with Crippen LogP contribution in [-0.2, 0) is 0 Å². The van der Waals surface area contributed by atoms with Gasteiger partial charge in [0.05, 0.1) is 0 Å². The number of nitrogen functional groups attached to an aromatic ring is 1. The highest BCUT2D eigenvalue weighted by atomic mass is 15.2. The zero-order chi connectivity index (χ0) is 13.0. The number of nitrogens with zero attached hydrogens (tertiary/aromatic N) is 2. The van der Waals surface area contributed by atoms with Gasteiger partial charge in [0.1, 0.15) is 5.82 Å². The van der Waals surface area contributed by atoms with Crippen molar-refractivity contribution in [2.75, 3.05) is 30.7 Å². The molecule has 4 nitrogen and oxygen atoms in total. The Hall–Kier alpha value is -1.29. The van der Waals surface area contributed by atoms with Crippen molar-refractivity contribution in [3.05, 3.63) is 17.8 Å². The molecule has 0 radical (unpaired) electrons. The standard InChI is InChI=1S/C14H24N4/c1-11-9-16-14(8-13(11)15)17-10-12(2)18-6-4-3-5-7-18/h8-9,12H,3-7,10H2,1-2H3,(H3,15,16,17). The van der Waals surface area contributed by atoms with Gasteiger partial charge in [-0.15, -0.1) is 0 Å². The number of hydrogen-bond acceptors (Lipinski definition) is 4. The van der Waals surface area contributed by atoms with Gasteiger partial charge in [-0.25, -0.2) is 4.98 Å². The number of rotatable bonds is 4. The topological polar surface area (TPSA) is 54.2 Å². The average molecular weight is 248 g/mol. The van der Waals surface area contributed by atoms with Crippen LogP contribution in [0.4, 0.5) is 11.5 Å². The van der Waals surface area contributed by atoms with E-state index in [1.165, 1.54) is 32.4 Å². The van der Waals surface area contributed by atoms with E-state index in [0.29, 0.717) is 6.04 Å². The third-order valence-electron chi connectivity index (χ3n) is 3.74. The normalized spacial score (nSPS) is 18.6. The Labute approximate surface area is 110 Å². The van der Waals surface area contributed by atoms with Gasteiger partial charge < -0.3 is 11.1 Å². The third-order valence-corrected chi connectivity index (χ3v) is 3.74. The van der Waals surface area contributed by atoms with Crippen LogP contribution in [-0.4, -0.2) is 35.6 Å². The molecule has 0 spiro atoms. The van der Waals surface area contributed by atoms with Crippen molar-refractivity contribution in [3.8, 4) is 0 Å². The van der Waals surface area contributed by atoms with Gasteiger partial charge in [-0.1, -0.05) is 6.42 Å². The molecule has 1 atom stereocenters. The molecule has 1 fully saturated rings. The van der Waals surface area contributed by atoms with Gasteiger partial charge >= 0.3 is 0 Å². The summed E-state index contributed by atoms with van der Waals surface area (Å²) >= 11 is 0. The third kappa shape index (κ3) is 3.35. The van der Waals surface area contributed by atoms with Crippen LogP contribution in [0.15, 0.2) is 12.3 Å². The van der Waals surface area contributed by atoms with E-state index in [1.54, 1.807) is 0 Å². The molecular weight excluding hydrogens is 224 g/mol. The Morgan fingerprint density at radius 1 is 1.39 bits per heavy atom. The number of aryl methyl sites for hydroxylation is 1. The second-order valence-electron chi connectivity index (χ2n) is 5.25. The van der Waals surface area contributed by atoms with Crippen molar-refractivity contribution in [2.45, 2.75) is 39.2 Å². The molecule has 0 amide bonds. The van der Waals surface area contributed by atoms with Gasteiger partial charge in [0, 0.05) is 30.5 Å². The van der Waals surface area contributed by atoms with Crippen LogP contribution in [0.3, 0.4) is 0 Å². The van der Waals surface area contributed by atoms with Gasteiger partial charge in [0.15, 0.2) is 0 Å². The lowest BCUT2D eigenvalue weighted by atomic mass is 10.1. The highest BCUT2D eigenvalue weighted by molar-refractivity contribution is 5.53. The Kier molecular flexibility index (Phi) is 4.42. The SMILES string of the molecule is Cc1cnc(NCC(C)N2CCCCC2)cc1N. The number of likely N-dealkylation sites (tertiary alicyclic amines) is 1. The number of anilines is 2. The van der Waals surface area contributed by atoms with Crippen LogP contribution >= 0.6 is 0 Å². The molecule has 1 aromatic heterocycles. The van der Waals surface area contributed by atoms with Crippen LogP contribution in [0.1, 0.15) is 31.7 Å². The Morgan fingerprint density at radius 3 is 2.78 bits per heavy atom. The van der Waals surface area contributed by atoms with Crippen molar-refractivity contribution in [1.29, 1.82) is 0 Å². The summed E-state index contributed by atoms with van der Waals surface area (Å²) in [6.07, 6.45) is 5.87. The molecule has 0 bridgehead atoms. The fraction of sp³-hybridized carbons (Fsp3) is 0.643. The quantitative estimate of drug-likeness (QED) is 0.858. The van der Waals surface area contributed by atoms with Crippen LogP contribution in [0.25, 0.3) is 0 Å². The number of piperidine rings is 1. The zero-order valence-corrected chi connectivity index (χ0v) is 11.4. The van der Waals surface area contributed by atoms with Gasteiger partial charge in [0.25, 0.3) is 0 Å². The fourth-order valence-electron chi connectivity index (χ4n) is 2.38. The molecule has 1 aromatic rings. The Balaban J connectivity index is 1.84. The number of hydrogen-bond donors (Lipinski definition) is 2. The number of nitrogens with two attached hydrogens (primary N) is 1. The molecule has 1 unspecified atom stereocenters. The van der Waals surface area contributed by atoms with Gasteiger partial charge in [-0.3, -0.25) is 4.90 Å². The summed E-state index contributed by atoms with van der Waals surface area (Å²) in [4.78, 5) is 6.90. The maximum Gasteiger partial charge on any atom is 0.128 e. The van der Waals surface area contributed by atoms with E-state index in [2.05, 4.69) is 22.1 Å². The largest absolute Gasteiger partial charge is 0.398 e. The molecule has 18 heavy (non-hydrogen) atoms. The maximum atomic E-state index is 5.88. The van der Waals surface area contributed by atoms with E-state index < -0.39 is 0 Å². The minimum absolute atomic E-state index is 0.551. The molecule has 1 saturated heterocycles. The van der Waals surface area contributed by atoms with Gasteiger partial charge in [-0.05, 0) is 45.3 Å². The molecule has 2 heterocycles. The lowest BCUT2D eigenvalue weighted by molar-refractivity contribution is 0.180. The molecule has 0 saturated carbocycles. The monoisotopic (exact) mass is 248 g/mol. The van der Waals surface area contributed by atoms with E-state index >= 15 is 0 Å².